The molecule has 1 amide bonds. The number of phenols is 1. The fourth-order valence-electron chi connectivity index (χ4n) is 2.53. The zero-order valence-corrected chi connectivity index (χ0v) is 16.9. The summed E-state index contributed by atoms with van der Waals surface area (Å²) in [6.45, 7) is 3.92. The Morgan fingerprint density at radius 3 is 2.43 bits per heavy atom. The van der Waals surface area contributed by atoms with Gasteiger partial charge in [-0.25, -0.2) is 8.42 Å². The molecule has 152 valence electrons. The average molecular weight is 430 g/mol. The van der Waals surface area contributed by atoms with Crippen LogP contribution in [0.1, 0.15) is 24.2 Å². The van der Waals surface area contributed by atoms with Crippen molar-refractivity contribution < 1.29 is 27.1 Å². The van der Waals surface area contributed by atoms with Crippen LogP contribution in [0.5, 0.6) is 5.75 Å². The summed E-state index contributed by atoms with van der Waals surface area (Å²) in [7, 11) is -3.80. The molecule has 0 fully saturated rings. The fourth-order valence-corrected chi connectivity index (χ4v) is 4.65. The third kappa shape index (κ3) is 5.00. The van der Waals surface area contributed by atoms with Crippen molar-refractivity contribution in [3.05, 3.63) is 48.0 Å². The van der Waals surface area contributed by atoms with Crippen molar-refractivity contribution in [2.75, 3.05) is 18.4 Å². The zero-order chi connectivity index (χ0) is 20.9. The molecule has 0 bridgehead atoms. The number of hydrogen-bond donors (Lipinski definition) is 2. The summed E-state index contributed by atoms with van der Waals surface area (Å²) >= 11 is 0.226. The minimum atomic E-state index is -3.80. The molecule has 0 aromatic heterocycles. The molecule has 6 nitrogen and oxygen atoms in total. The molecule has 2 N–H and O–H groups in total. The molecule has 0 saturated heterocycles. The molecule has 2 aromatic rings. The van der Waals surface area contributed by atoms with Crippen molar-refractivity contribution in [2.45, 2.75) is 29.4 Å². The van der Waals surface area contributed by atoms with Crippen LogP contribution in [0.2, 0.25) is 0 Å². The van der Waals surface area contributed by atoms with E-state index in [4.69, 9.17) is 0 Å². The summed E-state index contributed by atoms with van der Waals surface area (Å²) in [5.41, 5.74) is -0.140. The van der Waals surface area contributed by atoms with Gasteiger partial charge < -0.3 is 10.4 Å². The highest BCUT2D eigenvalue weighted by Gasteiger charge is 2.23. The van der Waals surface area contributed by atoms with E-state index in [-0.39, 0.29) is 51.6 Å². The van der Waals surface area contributed by atoms with Crippen LogP contribution in [0, 0.1) is 0 Å². The highest BCUT2D eigenvalue weighted by atomic mass is 32.2. The molecule has 0 aliphatic carbocycles. The molecule has 0 saturated carbocycles. The molecule has 0 aliphatic rings. The minimum Gasteiger partial charge on any atom is -0.506 e. The average Bonchev–Trinajstić information content (AvgIpc) is 2.64. The first kappa shape index (κ1) is 22.1. The lowest BCUT2D eigenvalue weighted by molar-refractivity contribution is 0.102. The van der Waals surface area contributed by atoms with Gasteiger partial charge in [-0.15, -0.1) is 0 Å². The molecule has 0 radical (unpaired) electrons. The number of nitrogens with one attached hydrogen (secondary N) is 1. The Morgan fingerprint density at radius 2 is 1.82 bits per heavy atom. The summed E-state index contributed by atoms with van der Waals surface area (Å²) in [6.07, 6.45) is 0. The Morgan fingerprint density at radius 1 is 1.18 bits per heavy atom. The maximum atomic E-state index is 12.7. The quantitative estimate of drug-likeness (QED) is 0.489. The molecule has 10 heteroatoms. The SMILES string of the molecule is CCN(CC)S(=O)(=O)c1ccc(O)c(NC(=O)c2ccccc2SC(F)F)c1. The number of halogens is 2. The molecule has 0 heterocycles. The van der Waals surface area contributed by atoms with E-state index in [1.165, 1.54) is 34.6 Å². The van der Waals surface area contributed by atoms with Gasteiger partial charge >= 0.3 is 0 Å². The van der Waals surface area contributed by atoms with Gasteiger partial charge in [0, 0.05) is 18.0 Å². The van der Waals surface area contributed by atoms with Gasteiger partial charge in [0.05, 0.1) is 16.1 Å². The van der Waals surface area contributed by atoms with E-state index in [1.807, 2.05) is 0 Å². The standard InChI is InChI=1S/C18H20F2N2O4S2/c1-3-22(4-2)28(25,26)12-9-10-15(23)14(11-12)21-17(24)13-7-5-6-8-16(13)27-18(19)20/h5-11,18,23H,3-4H2,1-2H3,(H,21,24). The zero-order valence-electron chi connectivity index (χ0n) is 15.2. The number of sulfonamides is 1. The van der Waals surface area contributed by atoms with Gasteiger partial charge in [-0.05, 0) is 30.3 Å². The Labute approximate surface area is 166 Å². The van der Waals surface area contributed by atoms with Gasteiger partial charge in [0.25, 0.3) is 11.7 Å². The van der Waals surface area contributed by atoms with E-state index < -0.39 is 21.7 Å². The first-order chi connectivity index (χ1) is 13.2. The molecular weight excluding hydrogens is 410 g/mol. The number of carbonyl (C=O) groups is 1. The Kier molecular flexibility index (Phi) is 7.39. The number of anilines is 1. The molecule has 2 rings (SSSR count). The number of phenolic OH excluding ortho intramolecular Hbond substituents is 1. The molecule has 0 atom stereocenters. The minimum absolute atomic E-state index is 0.01000. The number of hydrogen-bond acceptors (Lipinski definition) is 5. The molecule has 0 unspecified atom stereocenters. The van der Waals surface area contributed by atoms with Crippen LogP contribution in [0.3, 0.4) is 0 Å². The monoisotopic (exact) mass is 430 g/mol. The number of carbonyl (C=O) groups excluding carboxylic acids is 1. The summed E-state index contributed by atoms with van der Waals surface area (Å²) in [5.74, 6) is -3.79. The fraction of sp³-hybridized carbons (Fsp3) is 0.278. The van der Waals surface area contributed by atoms with Crippen LogP contribution in [-0.4, -0.2) is 42.6 Å². The first-order valence-electron chi connectivity index (χ1n) is 8.39. The smallest absolute Gasteiger partial charge is 0.288 e. The largest absolute Gasteiger partial charge is 0.506 e. The van der Waals surface area contributed by atoms with Crippen molar-refractivity contribution in [3.63, 3.8) is 0 Å². The van der Waals surface area contributed by atoms with Crippen LogP contribution < -0.4 is 5.32 Å². The number of rotatable bonds is 8. The second-order valence-electron chi connectivity index (χ2n) is 5.60. The van der Waals surface area contributed by atoms with Gasteiger partial charge in [0.15, 0.2) is 0 Å². The second kappa shape index (κ2) is 9.35. The summed E-state index contributed by atoms with van der Waals surface area (Å²) < 4.78 is 51.9. The number of amides is 1. The normalized spacial score (nSPS) is 11.8. The molecule has 28 heavy (non-hydrogen) atoms. The molecule has 0 spiro atoms. The van der Waals surface area contributed by atoms with Crippen molar-refractivity contribution >= 4 is 33.4 Å². The van der Waals surface area contributed by atoms with Crippen LogP contribution >= 0.6 is 11.8 Å². The van der Waals surface area contributed by atoms with E-state index >= 15 is 0 Å². The van der Waals surface area contributed by atoms with Crippen molar-refractivity contribution in [1.82, 2.24) is 4.31 Å². The van der Waals surface area contributed by atoms with Gasteiger partial charge in [-0.3, -0.25) is 4.79 Å². The van der Waals surface area contributed by atoms with Crippen LogP contribution in [0.4, 0.5) is 14.5 Å². The highest BCUT2D eigenvalue weighted by Crippen LogP contribution is 2.31. The molecular formula is C18H20F2N2O4S2. The number of benzene rings is 2. The van der Waals surface area contributed by atoms with Gasteiger partial charge in [0.2, 0.25) is 10.0 Å². The van der Waals surface area contributed by atoms with Gasteiger partial charge in [0.1, 0.15) is 5.75 Å². The predicted octanol–water partition coefficient (Wildman–Crippen LogP) is 3.99. The van der Waals surface area contributed by atoms with Crippen LogP contribution in [0.25, 0.3) is 0 Å². The third-order valence-electron chi connectivity index (χ3n) is 3.91. The van der Waals surface area contributed by atoms with E-state index in [9.17, 15) is 27.1 Å². The lowest BCUT2D eigenvalue weighted by Crippen LogP contribution is -2.30. The Balaban J connectivity index is 2.36. The lowest BCUT2D eigenvalue weighted by Gasteiger charge is -2.19. The predicted molar refractivity (Wildman–Crippen MR) is 104 cm³/mol. The number of thioether (sulfide) groups is 1. The summed E-state index contributed by atoms with van der Waals surface area (Å²) in [4.78, 5) is 12.5. The van der Waals surface area contributed by atoms with E-state index in [0.717, 1.165) is 12.1 Å². The molecule has 0 aliphatic heterocycles. The molecule has 2 aromatic carbocycles. The maximum Gasteiger partial charge on any atom is 0.288 e. The summed E-state index contributed by atoms with van der Waals surface area (Å²) in [5, 5.41) is 12.4. The van der Waals surface area contributed by atoms with E-state index in [0.29, 0.717) is 0 Å². The summed E-state index contributed by atoms with van der Waals surface area (Å²) in [6, 6.07) is 9.33. The third-order valence-corrected chi connectivity index (χ3v) is 6.74. The number of nitrogens with zero attached hydrogens (tertiary/aromatic N) is 1. The van der Waals surface area contributed by atoms with E-state index in [2.05, 4.69) is 5.32 Å². The first-order valence-corrected chi connectivity index (χ1v) is 10.7. The second-order valence-corrected chi connectivity index (χ2v) is 8.57. The topological polar surface area (TPSA) is 86.7 Å². The van der Waals surface area contributed by atoms with Gasteiger partial charge in [-0.2, -0.15) is 13.1 Å². The number of alkyl halides is 2. The van der Waals surface area contributed by atoms with Gasteiger partial charge in [-0.1, -0.05) is 37.7 Å². The van der Waals surface area contributed by atoms with Crippen LogP contribution in [-0.2, 0) is 10.0 Å². The van der Waals surface area contributed by atoms with Crippen molar-refractivity contribution in [1.29, 1.82) is 0 Å². The van der Waals surface area contributed by atoms with Crippen molar-refractivity contribution in [2.24, 2.45) is 0 Å². The number of aromatic hydroxyl groups is 1. The lowest BCUT2D eigenvalue weighted by atomic mass is 10.2. The van der Waals surface area contributed by atoms with Crippen molar-refractivity contribution in [3.8, 4) is 5.75 Å². The Bertz CT molecular complexity index is 948. The maximum absolute atomic E-state index is 12.7. The van der Waals surface area contributed by atoms with E-state index in [1.54, 1.807) is 13.8 Å². The van der Waals surface area contributed by atoms with Crippen LogP contribution in [0.15, 0.2) is 52.3 Å². The highest BCUT2D eigenvalue weighted by molar-refractivity contribution is 7.99. The Hall–Kier alpha value is -2.17.